The van der Waals surface area contributed by atoms with Crippen molar-refractivity contribution in [2.45, 2.75) is 75.2 Å². The normalized spacial score (nSPS) is 25.4. The quantitative estimate of drug-likeness (QED) is 0.188. The average Bonchev–Trinajstić information content (AvgIpc) is 3.88. The van der Waals surface area contributed by atoms with Gasteiger partial charge in [-0.1, -0.05) is 6.07 Å². The van der Waals surface area contributed by atoms with Crippen molar-refractivity contribution in [3.63, 3.8) is 0 Å². The molecule has 56 heavy (non-hydrogen) atoms. The van der Waals surface area contributed by atoms with Crippen LogP contribution < -0.4 is 15.4 Å². The standard InChI is InChI=1S/C37H36F8N8O2S/c1-4-52(19-12-34(2)16-50(3)33(54)53(34)15-19)31-21-10-23(36(40,41)42)26(20-6-7-24(39)29-25(20)22(13-46)30(47)56-29)27(37(43,44)45)28(21)48-32(49-31)55-17-35-8-5-9-51(35)14-18(38)11-35/h6-7,10,18-19H,4-5,8-9,11-12,14-17,47H2,1-3H3/t18-,19+,34+,35+/m1/s1. The molecule has 4 aromatic rings. The lowest BCUT2D eigenvalue weighted by Crippen LogP contribution is -2.43. The maximum Gasteiger partial charge on any atom is 0.419 e. The largest absolute Gasteiger partial charge is 0.461 e. The van der Waals surface area contributed by atoms with Crippen molar-refractivity contribution in [3.05, 3.63) is 40.7 Å². The van der Waals surface area contributed by atoms with Gasteiger partial charge in [-0.15, -0.1) is 11.3 Å². The minimum absolute atomic E-state index is 0.0637. The van der Waals surface area contributed by atoms with Gasteiger partial charge < -0.3 is 25.2 Å². The van der Waals surface area contributed by atoms with Crippen molar-refractivity contribution in [2.24, 2.45) is 0 Å². The zero-order valence-corrected chi connectivity index (χ0v) is 31.2. The van der Waals surface area contributed by atoms with E-state index in [9.17, 15) is 14.4 Å². The van der Waals surface area contributed by atoms with E-state index in [4.69, 9.17) is 10.5 Å². The molecule has 10 nitrogen and oxygen atoms in total. The number of aromatic nitrogens is 2. The van der Waals surface area contributed by atoms with Gasteiger partial charge in [0, 0.05) is 56.0 Å². The van der Waals surface area contributed by atoms with Crippen LogP contribution in [0, 0.1) is 17.1 Å². The van der Waals surface area contributed by atoms with E-state index < -0.39 is 91.6 Å². The Balaban J connectivity index is 1.41. The Hall–Kier alpha value is -4.70. The Morgan fingerprint density at radius 2 is 1.89 bits per heavy atom. The number of halogens is 8. The Morgan fingerprint density at radius 3 is 2.55 bits per heavy atom. The Morgan fingerprint density at radius 1 is 1.14 bits per heavy atom. The zero-order chi connectivity index (χ0) is 40.3. The van der Waals surface area contributed by atoms with Crippen LogP contribution in [0.2, 0.25) is 0 Å². The third-order valence-corrected chi connectivity index (χ3v) is 12.9. The molecule has 6 heterocycles. The highest BCUT2D eigenvalue weighted by Crippen LogP contribution is 2.53. The van der Waals surface area contributed by atoms with Crippen LogP contribution >= 0.6 is 11.3 Å². The molecule has 0 unspecified atom stereocenters. The van der Waals surface area contributed by atoms with Crippen LogP contribution in [-0.2, 0) is 12.4 Å². The zero-order valence-electron chi connectivity index (χ0n) is 30.4. The summed E-state index contributed by atoms with van der Waals surface area (Å²) in [6.45, 7) is 4.64. The van der Waals surface area contributed by atoms with E-state index in [1.165, 1.54) is 0 Å². The topological polar surface area (TPSA) is 115 Å². The molecule has 2 amide bonds. The van der Waals surface area contributed by atoms with Crippen molar-refractivity contribution in [2.75, 3.05) is 57.0 Å². The number of amides is 2. The van der Waals surface area contributed by atoms with Crippen molar-refractivity contribution < 1.29 is 44.7 Å². The van der Waals surface area contributed by atoms with Gasteiger partial charge in [-0.25, -0.2) is 13.6 Å². The van der Waals surface area contributed by atoms with Gasteiger partial charge in [0.1, 0.15) is 35.5 Å². The van der Waals surface area contributed by atoms with Crippen molar-refractivity contribution in [1.82, 2.24) is 24.7 Å². The van der Waals surface area contributed by atoms with E-state index in [0.717, 1.165) is 18.6 Å². The summed E-state index contributed by atoms with van der Waals surface area (Å²) in [5.41, 5.74) is -2.48. The maximum atomic E-state index is 15.7. The Kier molecular flexibility index (Phi) is 8.81. The maximum absolute atomic E-state index is 15.7. The highest BCUT2D eigenvalue weighted by Gasteiger charge is 2.54. The second-order valence-electron chi connectivity index (χ2n) is 15.4. The molecule has 2 N–H and O–H groups in total. The lowest BCUT2D eigenvalue weighted by molar-refractivity contribution is -0.141. The first-order valence-corrected chi connectivity index (χ1v) is 18.9. The number of rotatable bonds is 7. The average molecular weight is 809 g/mol. The predicted molar refractivity (Wildman–Crippen MR) is 193 cm³/mol. The summed E-state index contributed by atoms with van der Waals surface area (Å²) >= 11 is 0.531. The van der Waals surface area contributed by atoms with Crippen LogP contribution in [0.15, 0.2) is 18.2 Å². The number of nitriles is 1. The van der Waals surface area contributed by atoms with Gasteiger partial charge in [-0.2, -0.15) is 41.6 Å². The van der Waals surface area contributed by atoms with Gasteiger partial charge in [0.05, 0.1) is 44.0 Å². The molecule has 4 saturated heterocycles. The number of carbonyl (C=O) groups excluding carboxylic acids is 1. The van der Waals surface area contributed by atoms with Crippen molar-refractivity contribution in [3.8, 4) is 23.2 Å². The molecule has 298 valence electrons. The molecule has 0 saturated carbocycles. The fourth-order valence-electron chi connectivity index (χ4n) is 9.60. The molecule has 2 aromatic heterocycles. The van der Waals surface area contributed by atoms with Gasteiger partial charge in [-0.3, -0.25) is 4.90 Å². The number of likely N-dealkylation sites (N-methyl/N-ethyl adjacent to an activating group) is 2. The van der Waals surface area contributed by atoms with Crippen LogP contribution in [0.5, 0.6) is 6.01 Å². The van der Waals surface area contributed by atoms with E-state index in [1.54, 1.807) is 34.7 Å². The second kappa shape index (κ2) is 12.9. The molecule has 0 spiro atoms. The summed E-state index contributed by atoms with van der Waals surface area (Å²) < 4.78 is 129. The summed E-state index contributed by atoms with van der Waals surface area (Å²) in [7, 11) is 1.65. The molecule has 2 aromatic carbocycles. The first-order chi connectivity index (χ1) is 26.3. The number of benzene rings is 2. The van der Waals surface area contributed by atoms with Gasteiger partial charge in [0.2, 0.25) is 0 Å². The Bertz CT molecular complexity index is 2330. The molecular weight excluding hydrogens is 773 g/mol. The van der Waals surface area contributed by atoms with Gasteiger partial charge >= 0.3 is 24.4 Å². The molecule has 19 heteroatoms. The molecule has 4 atom stereocenters. The summed E-state index contributed by atoms with van der Waals surface area (Å²) in [6, 6.07) is 2.37. The van der Waals surface area contributed by atoms with Crippen LogP contribution in [0.3, 0.4) is 0 Å². The molecular formula is C37H36F8N8O2S. The minimum atomic E-state index is -5.52. The third-order valence-electron chi connectivity index (χ3n) is 11.9. The molecule has 4 fully saturated rings. The Labute approximate surface area is 319 Å². The lowest BCUT2D eigenvalue weighted by Gasteiger charge is -2.33. The lowest BCUT2D eigenvalue weighted by atomic mass is 9.88. The number of ether oxygens (including phenoxy) is 1. The summed E-state index contributed by atoms with van der Waals surface area (Å²) in [5.74, 6) is -1.26. The monoisotopic (exact) mass is 808 g/mol. The van der Waals surface area contributed by atoms with E-state index >= 15 is 30.7 Å². The van der Waals surface area contributed by atoms with Crippen LogP contribution in [0.4, 0.5) is 50.7 Å². The summed E-state index contributed by atoms with van der Waals surface area (Å²) in [6.07, 6.45) is -10.4. The smallest absolute Gasteiger partial charge is 0.419 e. The molecule has 0 aliphatic carbocycles. The van der Waals surface area contributed by atoms with E-state index in [0.29, 0.717) is 43.3 Å². The highest BCUT2D eigenvalue weighted by molar-refractivity contribution is 7.23. The van der Waals surface area contributed by atoms with Crippen LogP contribution in [0.25, 0.3) is 32.1 Å². The number of nitrogen functional groups attached to an aromatic ring is 1. The molecule has 4 aliphatic heterocycles. The molecule has 0 radical (unpaired) electrons. The fourth-order valence-corrected chi connectivity index (χ4v) is 10.5. The third kappa shape index (κ3) is 5.84. The number of anilines is 2. The van der Waals surface area contributed by atoms with Gasteiger partial charge in [0.15, 0.2) is 0 Å². The number of urea groups is 1. The number of carbonyl (C=O) groups is 1. The van der Waals surface area contributed by atoms with Crippen molar-refractivity contribution >= 4 is 49.2 Å². The predicted octanol–water partition coefficient (Wildman–Crippen LogP) is 7.82. The van der Waals surface area contributed by atoms with E-state index in [2.05, 4.69) is 9.97 Å². The SMILES string of the molecule is CCN(c1nc(OC[C@@]23CCCN2C[C@H](F)C3)nc2c(C(F)(F)F)c(-c3ccc(F)c4sc(N)c(C#N)c34)c(C(F)(F)F)cc12)[C@@H]1CN2C(=O)N(C)C[C@]2(C)C1. The fraction of sp³-hybridized carbons (Fsp3) is 0.514. The summed E-state index contributed by atoms with van der Waals surface area (Å²) in [5, 5.41) is 8.55. The highest BCUT2D eigenvalue weighted by atomic mass is 32.1. The summed E-state index contributed by atoms with van der Waals surface area (Å²) in [4.78, 5) is 28.5. The van der Waals surface area contributed by atoms with Crippen LogP contribution in [0.1, 0.15) is 56.2 Å². The number of alkyl halides is 7. The van der Waals surface area contributed by atoms with Crippen molar-refractivity contribution in [1.29, 1.82) is 5.26 Å². The number of fused-ring (bicyclic) bond motifs is 4. The van der Waals surface area contributed by atoms with Gasteiger partial charge in [0.25, 0.3) is 0 Å². The number of hydrogen-bond acceptors (Lipinski definition) is 9. The first kappa shape index (κ1) is 38.2. The minimum Gasteiger partial charge on any atom is -0.461 e. The number of nitrogens with zero attached hydrogens (tertiary/aromatic N) is 7. The first-order valence-electron chi connectivity index (χ1n) is 18.1. The molecule has 8 rings (SSSR count). The van der Waals surface area contributed by atoms with E-state index in [-0.39, 0.29) is 54.2 Å². The number of hydrogen-bond donors (Lipinski definition) is 1. The molecule has 0 bridgehead atoms. The molecule has 4 aliphatic rings. The number of thiophene rings is 1. The van der Waals surface area contributed by atoms with Gasteiger partial charge in [-0.05, 0) is 57.4 Å². The van der Waals surface area contributed by atoms with Crippen LogP contribution in [-0.4, -0.2) is 100 Å². The number of nitrogens with two attached hydrogens (primary N) is 1. The van der Waals surface area contributed by atoms with E-state index in [1.807, 2.05) is 11.8 Å². The second-order valence-corrected chi connectivity index (χ2v) is 16.5.